The quantitative estimate of drug-likeness (QED) is 0.150. The van der Waals surface area contributed by atoms with Gasteiger partial charge in [0.25, 0.3) is 0 Å². The van der Waals surface area contributed by atoms with Crippen LogP contribution in [0.25, 0.3) is 0 Å². The summed E-state index contributed by atoms with van der Waals surface area (Å²) in [4.78, 5) is 23.8. The van der Waals surface area contributed by atoms with Crippen molar-refractivity contribution in [1.82, 2.24) is 10.3 Å². The van der Waals surface area contributed by atoms with E-state index in [1.54, 1.807) is 0 Å². The molecule has 0 radical (unpaired) electrons. The summed E-state index contributed by atoms with van der Waals surface area (Å²) in [5.74, 6) is 2.28. The molecule has 2 aromatic carbocycles. The van der Waals surface area contributed by atoms with Crippen molar-refractivity contribution in [2.24, 2.45) is 5.84 Å². The Bertz CT molecular complexity index is 808. The molecular weight excluding hydrogens is 330 g/mol. The summed E-state index contributed by atoms with van der Waals surface area (Å²) < 4.78 is 0. The van der Waals surface area contributed by atoms with E-state index < -0.39 is 11.8 Å². The summed E-state index contributed by atoms with van der Waals surface area (Å²) in [6.45, 7) is -0.202. The van der Waals surface area contributed by atoms with Gasteiger partial charge in [-0.1, -0.05) is 12.1 Å². The topological polar surface area (TPSA) is 156 Å². The Kier molecular flexibility index (Phi) is 5.30. The van der Waals surface area contributed by atoms with Gasteiger partial charge >= 0.3 is 11.8 Å². The van der Waals surface area contributed by atoms with Crippen LogP contribution >= 0.6 is 0 Å². The first-order valence-electron chi connectivity index (χ1n) is 7.14. The molecule has 2 amide bonds. The second-order valence-electron chi connectivity index (χ2n) is 5.26. The molecule has 0 aliphatic carbocycles. The summed E-state index contributed by atoms with van der Waals surface area (Å²) in [7, 11) is 0. The number of hydrogen-bond acceptors (Lipinski definition) is 7. The number of carbonyl (C=O) groups excluding carboxylic acids is 2. The number of benzene rings is 2. The van der Waals surface area contributed by atoms with E-state index in [2.05, 4.69) is 5.32 Å². The maximum absolute atomic E-state index is 11.9. The van der Waals surface area contributed by atoms with Crippen LogP contribution in [-0.4, -0.2) is 37.2 Å². The summed E-state index contributed by atoms with van der Waals surface area (Å²) in [5, 5.41) is 40.2. The Morgan fingerprint density at radius 2 is 1.40 bits per heavy atom. The van der Waals surface area contributed by atoms with Crippen molar-refractivity contribution < 1.29 is 30.0 Å². The molecule has 0 saturated heterocycles. The molecule has 0 saturated carbocycles. The zero-order valence-electron chi connectivity index (χ0n) is 13.0. The molecule has 0 aliphatic rings. The molecule has 2 aromatic rings. The van der Waals surface area contributed by atoms with E-state index in [4.69, 9.17) is 5.84 Å². The van der Waals surface area contributed by atoms with Crippen LogP contribution in [0.4, 0.5) is 0 Å². The number of amides is 2. The molecule has 9 heteroatoms. The second-order valence-corrected chi connectivity index (χ2v) is 5.26. The lowest BCUT2D eigenvalue weighted by molar-refractivity contribution is -0.146. The fourth-order valence-corrected chi connectivity index (χ4v) is 2.00. The summed E-state index contributed by atoms with van der Waals surface area (Å²) in [6, 6.07) is 7.88. The van der Waals surface area contributed by atoms with Crippen LogP contribution in [0.5, 0.6) is 23.0 Å². The summed E-state index contributed by atoms with van der Waals surface area (Å²) in [6.07, 6.45) is 0. The average Bonchev–Trinajstić information content (AvgIpc) is 2.58. The fourth-order valence-electron chi connectivity index (χ4n) is 2.00. The van der Waals surface area contributed by atoms with Crippen LogP contribution in [0.3, 0.4) is 0 Å². The van der Waals surface area contributed by atoms with Gasteiger partial charge in [0.1, 0.15) is 0 Å². The highest BCUT2D eigenvalue weighted by atomic mass is 16.3. The number of aromatic hydroxyl groups is 4. The highest BCUT2D eigenvalue weighted by Crippen LogP contribution is 2.25. The van der Waals surface area contributed by atoms with Crippen molar-refractivity contribution in [3.8, 4) is 23.0 Å². The normalized spacial score (nSPS) is 10.3. The van der Waals surface area contributed by atoms with Crippen LogP contribution in [0.2, 0.25) is 0 Å². The third-order valence-electron chi connectivity index (χ3n) is 3.34. The van der Waals surface area contributed by atoms with Gasteiger partial charge in [-0.3, -0.25) is 14.6 Å². The van der Waals surface area contributed by atoms with Crippen molar-refractivity contribution in [3.05, 3.63) is 47.5 Å². The highest BCUT2D eigenvalue weighted by molar-refractivity contribution is 6.34. The van der Waals surface area contributed by atoms with Crippen LogP contribution in [0.1, 0.15) is 11.1 Å². The van der Waals surface area contributed by atoms with Gasteiger partial charge in [0, 0.05) is 6.54 Å². The van der Waals surface area contributed by atoms with Crippen molar-refractivity contribution in [2.75, 3.05) is 0 Å². The smallest absolute Gasteiger partial charge is 0.326 e. The number of rotatable bonds is 4. The van der Waals surface area contributed by atoms with Gasteiger partial charge in [0.05, 0.1) is 6.54 Å². The maximum Gasteiger partial charge on any atom is 0.326 e. The Morgan fingerprint density at radius 3 is 1.96 bits per heavy atom. The number of phenolic OH excluding ortho intramolecular Hbond substituents is 4. The third-order valence-corrected chi connectivity index (χ3v) is 3.34. The van der Waals surface area contributed by atoms with Gasteiger partial charge in [-0.05, 0) is 35.4 Å². The standard InChI is InChI=1S/C16H17N3O6/c17-19(8-10-2-4-12(21)14(23)6-10)16(25)15(24)18-7-9-1-3-11(20)13(22)5-9/h1-6,20-23H,7-8,17H2,(H,18,24). The van der Waals surface area contributed by atoms with Gasteiger partial charge in [-0.15, -0.1) is 0 Å². The lowest BCUT2D eigenvalue weighted by Crippen LogP contribution is -2.46. The lowest BCUT2D eigenvalue weighted by Gasteiger charge is -2.16. The largest absolute Gasteiger partial charge is 0.504 e. The molecule has 0 fully saturated rings. The summed E-state index contributed by atoms with van der Waals surface area (Å²) >= 11 is 0. The molecule has 0 bridgehead atoms. The molecule has 0 spiro atoms. The van der Waals surface area contributed by atoms with Gasteiger partial charge in [0.15, 0.2) is 23.0 Å². The second kappa shape index (κ2) is 7.41. The van der Waals surface area contributed by atoms with Gasteiger partial charge in [0.2, 0.25) is 0 Å². The molecule has 0 heterocycles. The first-order valence-corrected chi connectivity index (χ1v) is 7.14. The van der Waals surface area contributed by atoms with Crippen molar-refractivity contribution >= 4 is 11.8 Å². The van der Waals surface area contributed by atoms with Crippen molar-refractivity contribution in [1.29, 1.82) is 0 Å². The minimum Gasteiger partial charge on any atom is -0.504 e. The third kappa shape index (κ3) is 4.52. The van der Waals surface area contributed by atoms with Crippen LogP contribution < -0.4 is 11.2 Å². The van der Waals surface area contributed by atoms with E-state index in [1.165, 1.54) is 36.4 Å². The zero-order chi connectivity index (χ0) is 18.6. The SMILES string of the molecule is NN(Cc1ccc(O)c(O)c1)C(=O)C(=O)NCc1ccc(O)c(O)c1. The van der Waals surface area contributed by atoms with Gasteiger partial charge in [-0.2, -0.15) is 0 Å². The van der Waals surface area contributed by atoms with E-state index in [0.29, 0.717) is 16.1 Å². The van der Waals surface area contributed by atoms with Crippen LogP contribution in [0.15, 0.2) is 36.4 Å². The van der Waals surface area contributed by atoms with Crippen LogP contribution in [-0.2, 0) is 22.7 Å². The van der Waals surface area contributed by atoms with Gasteiger partial charge < -0.3 is 25.7 Å². The lowest BCUT2D eigenvalue weighted by atomic mass is 10.2. The zero-order valence-corrected chi connectivity index (χ0v) is 13.0. The van der Waals surface area contributed by atoms with Crippen molar-refractivity contribution in [3.63, 3.8) is 0 Å². The molecule has 132 valence electrons. The number of nitrogens with two attached hydrogens (primary N) is 1. The Morgan fingerprint density at radius 1 is 0.880 bits per heavy atom. The van der Waals surface area contributed by atoms with Crippen molar-refractivity contribution in [2.45, 2.75) is 13.1 Å². The number of hydrogen-bond donors (Lipinski definition) is 6. The maximum atomic E-state index is 11.9. The van der Waals surface area contributed by atoms with E-state index in [-0.39, 0.29) is 36.1 Å². The van der Waals surface area contributed by atoms with Gasteiger partial charge in [-0.25, -0.2) is 5.84 Å². The minimum atomic E-state index is -1.00. The predicted octanol–water partition coefficient (Wildman–Crippen LogP) is 0.0277. The molecule has 7 N–H and O–H groups in total. The predicted molar refractivity (Wildman–Crippen MR) is 86.1 cm³/mol. The number of nitrogens with zero attached hydrogens (tertiary/aromatic N) is 1. The Labute approximate surface area is 142 Å². The Balaban J connectivity index is 1.92. The number of carbonyl (C=O) groups is 2. The molecule has 0 aliphatic heterocycles. The first-order chi connectivity index (χ1) is 11.8. The van der Waals surface area contributed by atoms with E-state index in [1.807, 2.05) is 0 Å². The number of phenols is 4. The number of hydrazine groups is 1. The first kappa shape index (κ1) is 17.9. The molecule has 9 nitrogen and oxygen atoms in total. The molecule has 2 rings (SSSR count). The van der Waals surface area contributed by atoms with Crippen LogP contribution in [0, 0.1) is 0 Å². The highest BCUT2D eigenvalue weighted by Gasteiger charge is 2.19. The molecular formula is C16H17N3O6. The van der Waals surface area contributed by atoms with E-state index in [9.17, 15) is 30.0 Å². The molecule has 0 unspecified atom stereocenters. The van der Waals surface area contributed by atoms with E-state index in [0.717, 1.165) is 0 Å². The monoisotopic (exact) mass is 347 g/mol. The minimum absolute atomic E-state index is 0.0494. The Hall–Kier alpha value is -3.46. The fraction of sp³-hybridized carbons (Fsp3) is 0.125. The average molecular weight is 347 g/mol. The van der Waals surface area contributed by atoms with E-state index >= 15 is 0 Å². The molecule has 25 heavy (non-hydrogen) atoms. The molecule has 0 aromatic heterocycles. The molecule has 0 atom stereocenters. The number of nitrogens with one attached hydrogen (secondary N) is 1. The summed E-state index contributed by atoms with van der Waals surface area (Å²) in [5.41, 5.74) is 0.894.